The van der Waals surface area contributed by atoms with Gasteiger partial charge in [0.1, 0.15) is 0 Å². The Labute approximate surface area is 372 Å². The van der Waals surface area contributed by atoms with Crippen LogP contribution in [0, 0.1) is 96.9 Å². The molecule has 0 aliphatic carbocycles. The van der Waals surface area contributed by atoms with E-state index in [1.54, 1.807) is 0 Å². The Bertz CT molecular complexity index is 2590. The van der Waals surface area contributed by atoms with E-state index >= 15 is 0 Å². The summed E-state index contributed by atoms with van der Waals surface area (Å²) in [4.78, 5) is 4.90. The summed E-state index contributed by atoms with van der Waals surface area (Å²) in [5.41, 5.74) is 30.3. The summed E-state index contributed by atoms with van der Waals surface area (Å²) in [5.74, 6) is 0. The Morgan fingerprint density at radius 3 is 0.806 bits per heavy atom. The highest BCUT2D eigenvalue weighted by molar-refractivity contribution is 5.86. The highest BCUT2D eigenvalue weighted by Crippen LogP contribution is 2.43. The highest BCUT2D eigenvalue weighted by Gasteiger charge is 2.22. The van der Waals surface area contributed by atoms with Gasteiger partial charge in [0.15, 0.2) is 0 Å². The normalized spacial score (nSPS) is 11.6. The number of rotatable bonds is 10. The van der Waals surface area contributed by atoms with E-state index in [9.17, 15) is 0 Å². The molecule has 0 fully saturated rings. The van der Waals surface area contributed by atoms with E-state index in [0.29, 0.717) is 0 Å². The lowest BCUT2D eigenvalue weighted by atomic mass is 9.97. The molecule has 0 heterocycles. The lowest BCUT2D eigenvalue weighted by molar-refractivity contribution is 1.16. The summed E-state index contributed by atoms with van der Waals surface area (Å²) in [6.07, 6.45) is 9.03. The zero-order valence-electron chi connectivity index (χ0n) is 39.6. The summed E-state index contributed by atoms with van der Waals surface area (Å²) in [6, 6.07) is 40.6. The Balaban J connectivity index is 1.19. The molecule has 0 radical (unpaired) electrons. The molecule has 0 unspecified atom stereocenters. The van der Waals surface area contributed by atoms with Gasteiger partial charge in [-0.3, -0.25) is 0 Å². The molecule has 7 rings (SSSR count). The van der Waals surface area contributed by atoms with Gasteiger partial charge in [0.25, 0.3) is 0 Å². The second-order valence-electron chi connectivity index (χ2n) is 17.7. The summed E-state index contributed by atoms with van der Waals surface area (Å²) in [6.45, 7) is 31.2. The number of benzene rings is 7. The zero-order chi connectivity index (χ0) is 44.6. The monoisotopic (exact) mass is 813 g/mol. The van der Waals surface area contributed by atoms with E-state index in [1.807, 2.05) is 0 Å². The molecule has 0 N–H and O–H groups in total. The molecule has 7 aromatic carbocycles. The number of anilines is 6. The van der Waals surface area contributed by atoms with Crippen molar-refractivity contribution >= 4 is 58.4 Å². The first-order valence-corrected chi connectivity index (χ1v) is 22.1. The molecule has 0 spiro atoms. The molecular formula is C60H64N2. The maximum absolute atomic E-state index is 2.45. The third kappa shape index (κ3) is 8.44. The molecule has 0 atom stereocenters. The highest BCUT2D eigenvalue weighted by atomic mass is 15.2. The third-order valence-corrected chi connectivity index (χ3v) is 14.0. The molecule has 0 saturated heterocycles. The quantitative estimate of drug-likeness (QED) is 0.127. The molecule has 0 aliphatic heterocycles. The van der Waals surface area contributed by atoms with Crippen LogP contribution in [0.5, 0.6) is 0 Å². The smallest absolute Gasteiger partial charge is 0.0493 e. The maximum Gasteiger partial charge on any atom is 0.0493 e. The predicted molar refractivity (Wildman–Crippen MR) is 273 cm³/mol. The molecule has 2 heteroatoms. The van der Waals surface area contributed by atoms with Crippen LogP contribution in [0.1, 0.15) is 100 Å². The molecular weight excluding hydrogens is 749 g/mol. The Morgan fingerprint density at radius 2 is 0.532 bits per heavy atom. The fourth-order valence-corrected chi connectivity index (χ4v) is 8.70. The average Bonchev–Trinajstić information content (AvgIpc) is 3.25. The molecule has 314 valence electrons. The van der Waals surface area contributed by atoms with E-state index in [2.05, 4.69) is 240 Å². The molecule has 62 heavy (non-hydrogen) atoms. The van der Waals surface area contributed by atoms with E-state index in [1.165, 1.54) is 134 Å². The summed E-state index contributed by atoms with van der Waals surface area (Å²) in [5, 5.41) is 0. The average molecular weight is 813 g/mol. The largest absolute Gasteiger partial charge is 0.310 e. The minimum atomic E-state index is 1.17. The van der Waals surface area contributed by atoms with Crippen molar-refractivity contribution in [2.45, 2.75) is 96.9 Å². The number of nitrogens with zero attached hydrogens (tertiary/aromatic N) is 2. The van der Waals surface area contributed by atoms with Crippen LogP contribution in [0.15, 0.2) is 109 Å². The molecule has 7 aromatic rings. The molecule has 0 saturated carbocycles. The van der Waals surface area contributed by atoms with Crippen molar-refractivity contribution in [1.29, 1.82) is 0 Å². The SMILES string of the molecule is Cc1cc(N(c2ccc(C)c(C)c2C)c2ccc(C)c(C)c2C)ccc1C=Cc1ccccc1C=Cc1ccc(N(c2ccc(C)c(C)c2C)c2ccc(C)c(C)c2C)cc1C. The van der Waals surface area contributed by atoms with E-state index < -0.39 is 0 Å². The van der Waals surface area contributed by atoms with Gasteiger partial charge >= 0.3 is 0 Å². The zero-order valence-corrected chi connectivity index (χ0v) is 39.6. The minimum Gasteiger partial charge on any atom is -0.310 e. The van der Waals surface area contributed by atoms with Gasteiger partial charge in [0, 0.05) is 34.1 Å². The predicted octanol–water partition coefficient (Wildman–Crippen LogP) is 17.3. The lowest BCUT2D eigenvalue weighted by Crippen LogP contribution is -2.14. The molecule has 0 aliphatic rings. The van der Waals surface area contributed by atoms with Crippen LogP contribution in [0.25, 0.3) is 24.3 Å². The molecule has 2 nitrogen and oxygen atoms in total. The molecule has 0 aromatic heterocycles. The number of aryl methyl sites for hydroxylation is 6. The third-order valence-electron chi connectivity index (χ3n) is 14.0. The lowest BCUT2D eigenvalue weighted by Gasteiger charge is -2.31. The first-order valence-electron chi connectivity index (χ1n) is 22.1. The van der Waals surface area contributed by atoms with E-state index in [4.69, 9.17) is 0 Å². The second-order valence-corrected chi connectivity index (χ2v) is 17.7. The maximum atomic E-state index is 2.45. The fraction of sp³-hybridized carbons (Fsp3) is 0.233. The number of hydrogen-bond donors (Lipinski definition) is 0. The fourth-order valence-electron chi connectivity index (χ4n) is 8.70. The van der Waals surface area contributed by atoms with Crippen LogP contribution >= 0.6 is 0 Å². The van der Waals surface area contributed by atoms with Gasteiger partial charge in [-0.2, -0.15) is 0 Å². The van der Waals surface area contributed by atoms with Gasteiger partial charge in [-0.1, -0.05) is 85.0 Å². The van der Waals surface area contributed by atoms with E-state index in [-0.39, 0.29) is 0 Å². The second kappa shape index (κ2) is 17.9. The topological polar surface area (TPSA) is 6.48 Å². The Kier molecular flexibility index (Phi) is 12.6. The summed E-state index contributed by atoms with van der Waals surface area (Å²) < 4.78 is 0. The van der Waals surface area contributed by atoms with Crippen molar-refractivity contribution in [3.8, 4) is 0 Å². The van der Waals surface area contributed by atoms with Crippen molar-refractivity contribution in [2.24, 2.45) is 0 Å². The van der Waals surface area contributed by atoms with Crippen molar-refractivity contribution < 1.29 is 0 Å². The van der Waals surface area contributed by atoms with Crippen LogP contribution in [-0.2, 0) is 0 Å². The molecule has 0 bridgehead atoms. The number of hydrogen-bond acceptors (Lipinski definition) is 2. The van der Waals surface area contributed by atoms with Gasteiger partial charge in [0.05, 0.1) is 0 Å². The van der Waals surface area contributed by atoms with Crippen LogP contribution in [0.3, 0.4) is 0 Å². The first kappa shape index (κ1) is 43.7. The van der Waals surface area contributed by atoms with Crippen LogP contribution in [-0.4, -0.2) is 0 Å². The van der Waals surface area contributed by atoms with Crippen LogP contribution in [0.2, 0.25) is 0 Å². The van der Waals surface area contributed by atoms with E-state index in [0.717, 1.165) is 0 Å². The van der Waals surface area contributed by atoms with Crippen molar-refractivity contribution in [1.82, 2.24) is 0 Å². The van der Waals surface area contributed by atoms with Crippen LogP contribution in [0.4, 0.5) is 34.1 Å². The van der Waals surface area contributed by atoms with Gasteiger partial charge < -0.3 is 9.80 Å². The van der Waals surface area contributed by atoms with Gasteiger partial charge in [-0.15, -0.1) is 0 Å². The van der Waals surface area contributed by atoms with Crippen molar-refractivity contribution in [3.05, 3.63) is 209 Å². The van der Waals surface area contributed by atoms with Crippen molar-refractivity contribution in [3.63, 3.8) is 0 Å². The Hall–Kier alpha value is -6.38. The van der Waals surface area contributed by atoms with Gasteiger partial charge in [0.2, 0.25) is 0 Å². The standard InChI is InChI=1S/C60H64N2/c1-37-19-31-57(47(11)43(37)7)61(58-32-20-38(2)44(8)48(58)12)55-29-27-51(41(5)35-55)23-25-53-17-15-16-18-54(53)26-24-52-28-30-56(36-42(52)6)62(59-33-21-39(3)45(9)49(59)13)60-34-22-40(4)46(10)50(60)14/h15-36H,1-14H3. The summed E-state index contributed by atoms with van der Waals surface area (Å²) in [7, 11) is 0. The van der Waals surface area contributed by atoms with Crippen LogP contribution < -0.4 is 9.80 Å². The van der Waals surface area contributed by atoms with Crippen molar-refractivity contribution in [2.75, 3.05) is 9.80 Å². The molecule has 0 amide bonds. The first-order chi connectivity index (χ1) is 29.6. The Morgan fingerprint density at radius 1 is 0.258 bits per heavy atom. The summed E-state index contributed by atoms with van der Waals surface area (Å²) >= 11 is 0. The van der Waals surface area contributed by atoms with Gasteiger partial charge in [-0.25, -0.2) is 0 Å². The van der Waals surface area contributed by atoms with Gasteiger partial charge in [-0.05, 0) is 246 Å². The minimum absolute atomic E-state index is 1.17.